The summed E-state index contributed by atoms with van der Waals surface area (Å²) in [6.45, 7) is 5.25. The van der Waals surface area contributed by atoms with Gasteiger partial charge in [0.2, 0.25) is 0 Å². The number of hydrogen-bond acceptors (Lipinski definition) is 0. The minimum Gasteiger partial charge on any atom is -0.103 e. The molecule has 0 atom stereocenters. The molecule has 4 radical (unpaired) electrons. The summed E-state index contributed by atoms with van der Waals surface area (Å²) in [7, 11) is 0. The molecule has 0 rings (SSSR count). The third-order valence-electron chi connectivity index (χ3n) is 0. The molecule has 0 bridgehead atoms. The van der Waals surface area contributed by atoms with Gasteiger partial charge in [0.25, 0.3) is 0 Å². The minimum atomic E-state index is 0. The van der Waals surface area contributed by atoms with Crippen molar-refractivity contribution in [1.29, 1.82) is 0 Å². The Morgan fingerprint density at radius 3 is 1.60 bits per heavy atom. The average molecular weight is 76.0 g/mol. The molecular weight excluding hydrogens is 70.0 g/mol. The van der Waals surface area contributed by atoms with E-state index in [2.05, 4.69) is 6.58 Å². The quantitative estimate of drug-likeness (QED) is 0.290. The minimum absolute atomic E-state index is 0. The normalized spacial score (nSPS) is 2.60. The van der Waals surface area contributed by atoms with Crippen molar-refractivity contribution in [3.8, 4) is 0 Å². The van der Waals surface area contributed by atoms with Crippen molar-refractivity contribution in [2.24, 2.45) is 0 Å². The molecule has 0 N–H and O–H groups in total. The molecule has 0 aromatic carbocycles. The van der Waals surface area contributed by atoms with Gasteiger partial charge < -0.3 is 0 Å². The molecule has 0 fully saturated rings. The molecule has 5 heavy (non-hydrogen) atoms. The number of rotatable bonds is 0. The van der Waals surface area contributed by atoms with Gasteiger partial charge >= 0.3 is 0 Å². The third-order valence-corrected chi connectivity index (χ3v) is 0. The fraction of sp³-hybridized carbons (Fsp3) is 0.333. The van der Waals surface area contributed by atoms with Crippen molar-refractivity contribution < 1.29 is 0 Å². The average Bonchev–Trinajstić information content (AvgIpc) is 0.918. The predicted molar refractivity (Wildman–Crippen MR) is 27.4 cm³/mol. The number of allylic oxidation sites excluding steroid dienone is 1. The van der Waals surface area contributed by atoms with E-state index in [1.165, 1.54) is 0 Å². The summed E-state index contributed by atoms with van der Waals surface area (Å²) in [5.41, 5.74) is 0. The Kier molecular flexibility index (Phi) is 70.5. The topological polar surface area (TPSA) is 0 Å². The largest absolute Gasteiger partial charge is 0.103 e. The van der Waals surface area contributed by atoms with Gasteiger partial charge in [-0.25, -0.2) is 0 Å². The zero-order valence-electron chi connectivity index (χ0n) is 3.86. The maximum atomic E-state index is 3.36. The van der Waals surface area contributed by atoms with Crippen LogP contribution in [0.3, 0.4) is 0 Å². The van der Waals surface area contributed by atoms with Crippen LogP contribution >= 0.6 is 0 Å². The van der Waals surface area contributed by atoms with Crippen LogP contribution in [0.5, 0.6) is 0 Å². The zero-order chi connectivity index (χ0) is 2.71. The van der Waals surface area contributed by atoms with Crippen molar-refractivity contribution in [3.05, 3.63) is 12.7 Å². The Morgan fingerprint density at radius 1 is 1.60 bits per heavy atom. The van der Waals surface area contributed by atoms with Crippen LogP contribution in [0.2, 0.25) is 0 Å². The maximum absolute atomic E-state index is 3.36. The first-order valence-corrected chi connectivity index (χ1v) is 0.986. The molecule has 0 aliphatic rings. The SMILES string of the molecule is C=CC.[Al].[Li]. The van der Waals surface area contributed by atoms with Gasteiger partial charge in [0.15, 0.2) is 0 Å². The Balaban J connectivity index is -0.0000000200. The second kappa shape index (κ2) is 20.9. The Labute approximate surface area is 56.0 Å². The molecule has 0 unspecified atom stereocenters. The third kappa shape index (κ3) is 53.0. The maximum Gasteiger partial charge on any atom is 0 e. The van der Waals surface area contributed by atoms with E-state index in [0.29, 0.717) is 0 Å². The Morgan fingerprint density at radius 2 is 1.60 bits per heavy atom. The summed E-state index contributed by atoms with van der Waals surface area (Å²) in [5.74, 6) is 0. The second-order valence-electron chi connectivity index (χ2n) is 0.408. The van der Waals surface area contributed by atoms with Crippen LogP contribution < -0.4 is 0 Å². The number of hydrogen-bond donors (Lipinski definition) is 0. The van der Waals surface area contributed by atoms with Gasteiger partial charge in [0.05, 0.1) is 0 Å². The van der Waals surface area contributed by atoms with Gasteiger partial charge in [-0.15, -0.1) is 6.58 Å². The fourth-order valence-corrected chi connectivity index (χ4v) is 0. The van der Waals surface area contributed by atoms with Crippen LogP contribution in [-0.2, 0) is 0 Å². The summed E-state index contributed by atoms with van der Waals surface area (Å²) in [5, 5.41) is 0. The van der Waals surface area contributed by atoms with E-state index in [4.69, 9.17) is 0 Å². The molecule has 0 aliphatic carbocycles. The van der Waals surface area contributed by atoms with Crippen molar-refractivity contribution in [2.75, 3.05) is 0 Å². The molecule has 0 saturated heterocycles. The molecule has 2 heteroatoms. The van der Waals surface area contributed by atoms with Crippen molar-refractivity contribution in [1.82, 2.24) is 0 Å². The van der Waals surface area contributed by atoms with Gasteiger partial charge in [-0.05, 0) is 6.92 Å². The van der Waals surface area contributed by atoms with E-state index in [1.807, 2.05) is 6.92 Å². The van der Waals surface area contributed by atoms with Crippen LogP contribution in [0, 0.1) is 0 Å². The van der Waals surface area contributed by atoms with E-state index >= 15 is 0 Å². The molecule has 0 spiro atoms. The summed E-state index contributed by atoms with van der Waals surface area (Å²) in [6.07, 6.45) is 1.75. The standard InChI is InChI=1S/C3H6.Al.Li/c1-3-2;;/h3H,1H2,2H3;;. The molecule has 0 saturated carbocycles. The second-order valence-corrected chi connectivity index (χ2v) is 0.408. The van der Waals surface area contributed by atoms with Crippen LogP contribution in [0.25, 0.3) is 0 Å². The van der Waals surface area contributed by atoms with Gasteiger partial charge in [0.1, 0.15) is 0 Å². The molecule has 0 amide bonds. The molecule has 0 aromatic rings. The molecule has 22 valence electrons. The van der Waals surface area contributed by atoms with Gasteiger partial charge in [-0.2, -0.15) is 0 Å². The Hall–Kier alpha value is 0.870. The van der Waals surface area contributed by atoms with E-state index in [1.54, 1.807) is 6.08 Å². The fourth-order valence-electron chi connectivity index (χ4n) is 0. The van der Waals surface area contributed by atoms with Gasteiger partial charge in [-0.3, -0.25) is 0 Å². The zero-order valence-corrected chi connectivity index (χ0v) is 5.02. The molecular formula is C3H6AlLi. The molecule has 0 aromatic heterocycles. The van der Waals surface area contributed by atoms with Crippen molar-refractivity contribution >= 4 is 36.2 Å². The summed E-state index contributed by atoms with van der Waals surface area (Å²) in [4.78, 5) is 0. The monoisotopic (exact) mass is 76.0 g/mol. The first-order valence-electron chi connectivity index (χ1n) is 0.986. The van der Waals surface area contributed by atoms with E-state index in [0.717, 1.165) is 0 Å². The van der Waals surface area contributed by atoms with E-state index in [-0.39, 0.29) is 36.2 Å². The summed E-state index contributed by atoms with van der Waals surface area (Å²) < 4.78 is 0. The van der Waals surface area contributed by atoms with Gasteiger partial charge in [-0.1, -0.05) is 6.08 Å². The smallest absolute Gasteiger partial charge is 0 e. The van der Waals surface area contributed by atoms with Gasteiger partial charge in [0, 0.05) is 36.2 Å². The summed E-state index contributed by atoms with van der Waals surface area (Å²) in [6, 6.07) is 0. The molecule has 0 heterocycles. The van der Waals surface area contributed by atoms with E-state index < -0.39 is 0 Å². The van der Waals surface area contributed by atoms with Crippen molar-refractivity contribution in [3.63, 3.8) is 0 Å². The Bertz CT molecular complexity index is 14.4. The van der Waals surface area contributed by atoms with Crippen LogP contribution in [-0.4, -0.2) is 36.2 Å². The summed E-state index contributed by atoms with van der Waals surface area (Å²) >= 11 is 0. The van der Waals surface area contributed by atoms with Crippen LogP contribution in [0.4, 0.5) is 0 Å². The van der Waals surface area contributed by atoms with Crippen LogP contribution in [0.1, 0.15) is 6.92 Å². The predicted octanol–water partition coefficient (Wildman–Crippen LogP) is 0.431. The first-order chi connectivity index (χ1) is 1.41. The molecule has 0 aliphatic heterocycles. The van der Waals surface area contributed by atoms with E-state index in [9.17, 15) is 0 Å². The van der Waals surface area contributed by atoms with Crippen molar-refractivity contribution in [2.45, 2.75) is 6.92 Å². The first kappa shape index (κ1) is 16.9. The van der Waals surface area contributed by atoms with Crippen LogP contribution in [0.15, 0.2) is 12.7 Å². The molecule has 0 nitrogen and oxygen atoms in total.